The van der Waals surface area contributed by atoms with Crippen molar-refractivity contribution in [3.8, 4) is 0 Å². The molecule has 0 amide bonds. The van der Waals surface area contributed by atoms with Crippen LogP contribution in [0.25, 0.3) is 0 Å². The first-order valence-corrected chi connectivity index (χ1v) is 8.22. The number of nitrogens with zero attached hydrogens (tertiary/aromatic N) is 1. The highest BCUT2D eigenvalue weighted by atomic mass is 15.1. The maximum absolute atomic E-state index is 3.33. The molecule has 0 saturated carbocycles. The van der Waals surface area contributed by atoms with E-state index in [9.17, 15) is 0 Å². The van der Waals surface area contributed by atoms with Gasteiger partial charge in [-0.1, -0.05) is 52.4 Å². The van der Waals surface area contributed by atoms with Crippen molar-refractivity contribution >= 4 is 0 Å². The second-order valence-corrected chi connectivity index (χ2v) is 5.51. The molecule has 0 saturated heterocycles. The number of hydrogen-bond donors (Lipinski definition) is 1. The van der Waals surface area contributed by atoms with E-state index in [1.54, 1.807) is 0 Å². The zero-order valence-electron chi connectivity index (χ0n) is 13.0. The Morgan fingerprint density at radius 2 is 1.58 bits per heavy atom. The van der Waals surface area contributed by atoms with Gasteiger partial charge < -0.3 is 10.2 Å². The Labute approximate surface area is 120 Å². The molecule has 0 spiro atoms. The SMILES string of the molecule is CCCCCCN(CCCCCC)C1=CC=CNC1. The van der Waals surface area contributed by atoms with Gasteiger partial charge in [-0.25, -0.2) is 0 Å². The Balaban J connectivity index is 2.33. The van der Waals surface area contributed by atoms with Crippen LogP contribution in [0.1, 0.15) is 65.2 Å². The molecule has 0 aromatic rings. The molecule has 19 heavy (non-hydrogen) atoms. The van der Waals surface area contributed by atoms with Crippen LogP contribution < -0.4 is 5.32 Å². The van der Waals surface area contributed by atoms with Crippen molar-refractivity contribution in [2.45, 2.75) is 65.2 Å². The molecule has 0 aromatic carbocycles. The smallest absolute Gasteiger partial charge is 0.0544 e. The Morgan fingerprint density at radius 3 is 2.05 bits per heavy atom. The van der Waals surface area contributed by atoms with E-state index >= 15 is 0 Å². The van der Waals surface area contributed by atoms with Crippen LogP contribution in [-0.4, -0.2) is 24.5 Å². The van der Waals surface area contributed by atoms with Crippen LogP contribution in [0.3, 0.4) is 0 Å². The summed E-state index contributed by atoms with van der Waals surface area (Å²) < 4.78 is 0. The molecule has 0 radical (unpaired) electrons. The molecule has 1 rings (SSSR count). The van der Waals surface area contributed by atoms with Crippen molar-refractivity contribution < 1.29 is 0 Å². The monoisotopic (exact) mass is 264 g/mol. The molecule has 1 aliphatic heterocycles. The zero-order chi connectivity index (χ0) is 13.8. The lowest BCUT2D eigenvalue weighted by molar-refractivity contribution is 0.316. The fraction of sp³-hybridized carbons (Fsp3) is 0.765. The summed E-state index contributed by atoms with van der Waals surface area (Å²) in [6.45, 7) is 8.01. The normalized spacial score (nSPS) is 14.1. The van der Waals surface area contributed by atoms with Gasteiger partial charge in [0.05, 0.1) is 6.54 Å². The summed E-state index contributed by atoms with van der Waals surface area (Å²) in [4.78, 5) is 2.60. The summed E-state index contributed by atoms with van der Waals surface area (Å²) in [6, 6.07) is 0. The predicted octanol–water partition coefficient (Wildman–Crippen LogP) is 4.45. The third-order valence-corrected chi connectivity index (χ3v) is 3.76. The van der Waals surface area contributed by atoms with Gasteiger partial charge >= 0.3 is 0 Å². The minimum atomic E-state index is 0.998. The molecule has 1 N–H and O–H groups in total. The minimum Gasteiger partial charge on any atom is -0.385 e. The quantitative estimate of drug-likeness (QED) is 0.555. The molecule has 0 bridgehead atoms. The van der Waals surface area contributed by atoms with E-state index in [2.05, 4.69) is 36.2 Å². The summed E-state index contributed by atoms with van der Waals surface area (Å²) in [5.41, 5.74) is 1.47. The summed E-state index contributed by atoms with van der Waals surface area (Å²) in [5, 5.41) is 3.33. The van der Waals surface area contributed by atoms with E-state index in [0.717, 1.165) is 6.54 Å². The topological polar surface area (TPSA) is 15.3 Å². The molecule has 0 unspecified atom stereocenters. The van der Waals surface area contributed by atoms with Crippen molar-refractivity contribution in [2.24, 2.45) is 0 Å². The van der Waals surface area contributed by atoms with Crippen LogP contribution in [0.5, 0.6) is 0 Å². The highest BCUT2D eigenvalue weighted by Crippen LogP contribution is 2.12. The van der Waals surface area contributed by atoms with Crippen molar-refractivity contribution in [1.29, 1.82) is 0 Å². The molecular weight excluding hydrogens is 232 g/mol. The lowest BCUT2D eigenvalue weighted by Gasteiger charge is -2.29. The van der Waals surface area contributed by atoms with Gasteiger partial charge in [-0.3, -0.25) is 0 Å². The molecule has 110 valence electrons. The Bertz CT molecular complexity index is 256. The van der Waals surface area contributed by atoms with Crippen molar-refractivity contribution in [3.63, 3.8) is 0 Å². The minimum absolute atomic E-state index is 0.998. The van der Waals surface area contributed by atoms with Gasteiger partial charge in [0.2, 0.25) is 0 Å². The van der Waals surface area contributed by atoms with E-state index in [0.29, 0.717) is 0 Å². The van der Waals surface area contributed by atoms with Gasteiger partial charge in [-0.15, -0.1) is 0 Å². The van der Waals surface area contributed by atoms with Gasteiger partial charge in [0.25, 0.3) is 0 Å². The van der Waals surface area contributed by atoms with E-state index in [1.807, 2.05) is 6.20 Å². The standard InChI is InChI=1S/C17H32N2/c1-3-5-7-9-14-19(15-10-8-6-4-2)17-12-11-13-18-16-17/h11-13,18H,3-10,14-16H2,1-2H3. The Morgan fingerprint density at radius 1 is 0.947 bits per heavy atom. The molecule has 1 heterocycles. The van der Waals surface area contributed by atoms with E-state index < -0.39 is 0 Å². The van der Waals surface area contributed by atoms with Gasteiger partial charge in [0.15, 0.2) is 0 Å². The first-order valence-electron chi connectivity index (χ1n) is 8.22. The van der Waals surface area contributed by atoms with Crippen molar-refractivity contribution in [1.82, 2.24) is 10.2 Å². The van der Waals surface area contributed by atoms with E-state index in [1.165, 1.54) is 70.2 Å². The average Bonchev–Trinajstić information content (AvgIpc) is 2.46. The number of hydrogen-bond acceptors (Lipinski definition) is 2. The van der Waals surface area contributed by atoms with Crippen LogP contribution in [0, 0.1) is 0 Å². The largest absolute Gasteiger partial charge is 0.385 e. The fourth-order valence-electron chi connectivity index (χ4n) is 2.52. The molecule has 0 aromatic heterocycles. The van der Waals surface area contributed by atoms with E-state index in [-0.39, 0.29) is 0 Å². The average molecular weight is 264 g/mol. The summed E-state index contributed by atoms with van der Waals surface area (Å²) >= 11 is 0. The molecule has 2 heteroatoms. The second-order valence-electron chi connectivity index (χ2n) is 5.51. The Kier molecular flexibility index (Phi) is 9.30. The van der Waals surface area contributed by atoms with Crippen molar-refractivity contribution in [3.05, 3.63) is 24.0 Å². The molecule has 1 aliphatic rings. The number of dihydropyridines is 1. The van der Waals surface area contributed by atoms with Gasteiger partial charge in [0, 0.05) is 18.8 Å². The van der Waals surface area contributed by atoms with Crippen LogP contribution in [0.2, 0.25) is 0 Å². The van der Waals surface area contributed by atoms with Gasteiger partial charge in [0.1, 0.15) is 0 Å². The molecule has 2 nitrogen and oxygen atoms in total. The second kappa shape index (κ2) is 11.0. The van der Waals surface area contributed by atoms with Crippen LogP contribution >= 0.6 is 0 Å². The highest BCUT2D eigenvalue weighted by Gasteiger charge is 2.09. The zero-order valence-corrected chi connectivity index (χ0v) is 13.0. The van der Waals surface area contributed by atoms with Crippen LogP contribution in [-0.2, 0) is 0 Å². The third kappa shape index (κ3) is 7.29. The number of rotatable bonds is 11. The lowest BCUT2D eigenvalue weighted by atomic mass is 10.1. The predicted molar refractivity (Wildman–Crippen MR) is 85.1 cm³/mol. The number of unbranched alkanes of at least 4 members (excludes halogenated alkanes) is 6. The molecule has 0 fully saturated rings. The molecule has 0 aliphatic carbocycles. The summed E-state index contributed by atoms with van der Waals surface area (Å²) in [7, 11) is 0. The number of nitrogens with one attached hydrogen (secondary N) is 1. The summed E-state index contributed by atoms with van der Waals surface area (Å²) in [5.74, 6) is 0. The first kappa shape index (κ1) is 16.1. The number of allylic oxidation sites excluding steroid dienone is 2. The fourth-order valence-corrected chi connectivity index (χ4v) is 2.52. The lowest BCUT2D eigenvalue weighted by Crippen LogP contribution is -2.31. The maximum Gasteiger partial charge on any atom is 0.0544 e. The Hall–Kier alpha value is -0.920. The summed E-state index contributed by atoms with van der Waals surface area (Å²) in [6.07, 6.45) is 17.3. The third-order valence-electron chi connectivity index (χ3n) is 3.76. The molecular formula is C17H32N2. The molecule has 0 atom stereocenters. The van der Waals surface area contributed by atoms with Crippen molar-refractivity contribution in [2.75, 3.05) is 19.6 Å². The van der Waals surface area contributed by atoms with Gasteiger partial charge in [-0.05, 0) is 31.2 Å². The highest BCUT2D eigenvalue weighted by molar-refractivity contribution is 5.17. The van der Waals surface area contributed by atoms with Gasteiger partial charge in [-0.2, -0.15) is 0 Å². The van der Waals surface area contributed by atoms with Crippen LogP contribution in [0.4, 0.5) is 0 Å². The maximum atomic E-state index is 3.33. The van der Waals surface area contributed by atoms with Crippen LogP contribution in [0.15, 0.2) is 24.0 Å². The first-order chi connectivity index (χ1) is 9.38. The van der Waals surface area contributed by atoms with E-state index in [4.69, 9.17) is 0 Å².